The predicted octanol–water partition coefficient (Wildman–Crippen LogP) is 1.07. The van der Waals surface area contributed by atoms with Crippen LogP contribution in [-0.4, -0.2) is 38.4 Å². The Hall–Kier alpha value is -1.59. The van der Waals surface area contributed by atoms with E-state index in [0.29, 0.717) is 17.9 Å². The van der Waals surface area contributed by atoms with Gasteiger partial charge in [-0.2, -0.15) is 0 Å². The molecule has 1 aromatic rings. The minimum Gasteiger partial charge on any atom is -0.496 e. The molecule has 5 heteroatoms. The smallest absolute Gasteiger partial charge is 0.252 e. The van der Waals surface area contributed by atoms with Gasteiger partial charge >= 0.3 is 0 Å². The fourth-order valence-electron chi connectivity index (χ4n) is 2.90. The Morgan fingerprint density at radius 2 is 2.26 bits per heavy atom. The van der Waals surface area contributed by atoms with E-state index in [2.05, 4.69) is 0 Å². The van der Waals surface area contributed by atoms with Crippen molar-refractivity contribution in [2.75, 3.05) is 20.3 Å². The molecule has 2 fully saturated rings. The van der Waals surface area contributed by atoms with Crippen LogP contribution in [0.2, 0.25) is 0 Å². The Morgan fingerprint density at radius 3 is 3.00 bits per heavy atom. The molecule has 2 heterocycles. The highest BCUT2D eigenvalue weighted by Crippen LogP contribution is 2.38. The van der Waals surface area contributed by atoms with E-state index in [1.165, 1.54) is 7.11 Å². The molecule has 2 aliphatic rings. The first kappa shape index (κ1) is 12.4. The molecule has 0 bridgehead atoms. The molecule has 0 saturated carbocycles. The van der Waals surface area contributed by atoms with Crippen molar-refractivity contribution in [3.8, 4) is 5.75 Å². The van der Waals surface area contributed by atoms with Gasteiger partial charge < -0.3 is 19.9 Å². The van der Waals surface area contributed by atoms with Gasteiger partial charge in [-0.05, 0) is 24.1 Å². The van der Waals surface area contributed by atoms with Gasteiger partial charge in [-0.1, -0.05) is 6.07 Å². The maximum absolute atomic E-state index is 11.5. The zero-order valence-electron chi connectivity index (χ0n) is 10.8. The van der Waals surface area contributed by atoms with Gasteiger partial charge in [-0.15, -0.1) is 0 Å². The highest BCUT2D eigenvalue weighted by Gasteiger charge is 2.42. The van der Waals surface area contributed by atoms with Crippen LogP contribution in [0.25, 0.3) is 0 Å². The van der Waals surface area contributed by atoms with Crippen LogP contribution in [-0.2, 0) is 9.47 Å². The van der Waals surface area contributed by atoms with E-state index in [4.69, 9.17) is 19.9 Å². The van der Waals surface area contributed by atoms with Gasteiger partial charge in [0, 0.05) is 12.5 Å². The van der Waals surface area contributed by atoms with Gasteiger partial charge in [0.2, 0.25) is 0 Å². The number of carbonyl (C=O) groups is 1. The van der Waals surface area contributed by atoms with Crippen LogP contribution < -0.4 is 10.5 Å². The monoisotopic (exact) mass is 263 g/mol. The number of methoxy groups -OCH3 is 1. The molecule has 1 amide bonds. The first-order valence-corrected chi connectivity index (χ1v) is 6.41. The lowest BCUT2D eigenvalue weighted by atomic mass is 9.92. The van der Waals surface area contributed by atoms with Crippen molar-refractivity contribution in [3.63, 3.8) is 0 Å². The molecule has 19 heavy (non-hydrogen) atoms. The van der Waals surface area contributed by atoms with Gasteiger partial charge in [0.15, 0.2) is 0 Å². The number of fused-ring (bicyclic) bond motifs is 1. The van der Waals surface area contributed by atoms with Crippen molar-refractivity contribution < 1.29 is 19.0 Å². The van der Waals surface area contributed by atoms with Crippen LogP contribution in [0.3, 0.4) is 0 Å². The topological polar surface area (TPSA) is 70.8 Å². The summed E-state index contributed by atoms with van der Waals surface area (Å²) in [6, 6.07) is 5.51. The molecule has 0 aliphatic carbocycles. The quantitative estimate of drug-likeness (QED) is 0.885. The summed E-state index contributed by atoms with van der Waals surface area (Å²) in [4.78, 5) is 11.5. The first-order chi connectivity index (χ1) is 9.20. The summed E-state index contributed by atoms with van der Waals surface area (Å²) in [5.41, 5.74) is 6.80. The third kappa shape index (κ3) is 2.09. The number of benzene rings is 1. The van der Waals surface area contributed by atoms with Crippen LogP contribution in [0.1, 0.15) is 28.3 Å². The Labute approximate surface area is 111 Å². The highest BCUT2D eigenvalue weighted by atomic mass is 16.6. The normalized spacial score (nSPS) is 29.2. The fraction of sp³-hybridized carbons (Fsp3) is 0.500. The van der Waals surface area contributed by atoms with Crippen molar-refractivity contribution >= 4 is 5.91 Å². The third-order valence-electron chi connectivity index (χ3n) is 3.88. The molecule has 1 aromatic carbocycles. The van der Waals surface area contributed by atoms with Gasteiger partial charge in [0.25, 0.3) is 5.91 Å². The summed E-state index contributed by atoms with van der Waals surface area (Å²) >= 11 is 0. The molecule has 102 valence electrons. The second-order valence-corrected chi connectivity index (χ2v) is 4.93. The number of hydrogen-bond acceptors (Lipinski definition) is 4. The minimum atomic E-state index is -0.485. The molecular formula is C14H17NO4. The second-order valence-electron chi connectivity index (χ2n) is 4.93. The Bertz CT molecular complexity index is 502. The van der Waals surface area contributed by atoms with E-state index in [9.17, 15) is 4.79 Å². The molecule has 5 nitrogen and oxygen atoms in total. The van der Waals surface area contributed by atoms with Crippen LogP contribution in [0.4, 0.5) is 0 Å². The molecule has 0 spiro atoms. The lowest BCUT2D eigenvalue weighted by molar-refractivity contribution is 0.0705. The first-order valence-electron chi connectivity index (χ1n) is 6.41. The lowest BCUT2D eigenvalue weighted by Crippen LogP contribution is -2.21. The van der Waals surface area contributed by atoms with E-state index < -0.39 is 5.91 Å². The van der Waals surface area contributed by atoms with Crippen molar-refractivity contribution in [3.05, 3.63) is 29.3 Å². The number of amides is 1. The summed E-state index contributed by atoms with van der Waals surface area (Å²) in [6.07, 6.45) is 1.22. The largest absolute Gasteiger partial charge is 0.496 e. The lowest BCUT2D eigenvalue weighted by Gasteiger charge is -2.17. The molecule has 0 radical (unpaired) electrons. The molecule has 3 atom stereocenters. The van der Waals surface area contributed by atoms with E-state index in [1.807, 2.05) is 6.07 Å². The van der Waals surface area contributed by atoms with Crippen LogP contribution in [0.5, 0.6) is 5.75 Å². The molecule has 2 aliphatic heterocycles. The van der Waals surface area contributed by atoms with Gasteiger partial charge in [-0.3, -0.25) is 4.79 Å². The van der Waals surface area contributed by atoms with Crippen molar-refractivity contribution in [1.82, 2.24) is 0 Å². The number of rotatable bonds is 3. The van der Waals surface area contributed by atoms with Gasteiger partial charge in [-0.25, -0.2) is 0 Å². The summed E-state index contributed by atoms with van der Waals surface area (Å²) in [6.45, 7) is 1.37. The highest BCUT2D eigenvalue weighted by molar-refractivity contribution is 5.95. The van der Waals surface area contributed by atoms with E-state index in [1.54, 1.807) is 12.1 Å². The van der Waals surface area contributed by atoms with E-state index in [0.717, 1.165) is 18.6 Å². The number of ether oxygens (including phenoxy) is 3. The third-order valence-corrected chi connectivity index (χ3v) is 3.88. The van der Waals surface area contributed by atoms with Crippen molar-refractivity contribution in [1.29, 1.82) is 0 Å². The van der Waals surface area contributed by atoms with Crippen LogP contribution >= 0.6 is 0 Å². The minimum absolute atomic E-state index is 0.0918. The summed E-state index contributed by atoms with van der Waals surface area (Å²) < 4.78 is 16.6. The molecule has 1 unspecified atom stereocenters. The average molecular weight is 263 g/mol. The SMILES string of the molecule is COc1ccc(C2CO[C@@H]3CCO[C@H]23)cc1C(N)=O. The zero-order valence-corrected chi connectivity index (χ0v) is 10.8. The summed E-state index contributed by atoms with van der Waals surface area (Å²) in [7, 11) is 1.52. The Kier molecular flexibility index (Phi) is 3.16. The van der Waals surface area contributed by atoms with E-state index in [-0.39, 0.29) is 18.1 Å². The van der Waals surface area contributed by atoms with Crippen LogP contribution in [0.15, 0.2) is 18.2 Å². The van der Waals surface area contributed by atoms with Gasteiger partial charge in [0.1, 0.15) is 5.75 Å². The molecule has 3 rings (SSSR count). The maximum atomic E-state index is 11.5. The number of primary amides is 1. The molecular weight excluding hydrogens is 246 g/mol. The number of carbonyl (C=O) groups excluding carboxylic acids is 1. The van der Waals surface area contributed by atoms with Gasteiger partial charge in [0.05, 0.1) is 31.5 Å². The number of nitrogens with two attached hydrogens (primary N) is 1. The zero-order chi connectivity index (χ0) is 13.4. The van der Waals surface area contributed by atoms with Crippen LogP contribution in [0, 0.1) is 0 Å². The fourth-order valence-corrected chi connectivity index (χ4v) is 2.90. The summed E-state index contributed by atoms with van der Waals surface area (Å²) in [5.74, 6) is 0.178. The Balaban J connectivity index is 1.93. The average Bonchev–Trinajstić information content (AvgIpc) is 3.00. The predicted molar refractivity (Wildman–Crippen MR) is 68.3 cm³/mol. The van der Waals surface area contributed by atoms with E-state index >= 15 is 0 Å². The summed E-state index contributed by atoms with van der Waals surface area (Å²) in [5, 5.41) is 0. The van der Waals surface area contributed by atoms with Crippen molar-refractivity contribution in [2.24, 2.45) is 5.73 Å². The molecule has 2 saturated heterocycles. The standard InChI is InChI=1S/C14H17NO4/c1-17-11-3-2-8(6-9(11)14(15)16)10-7-19-12-4-5-18-13(10)12/h2-3,6,10,12-13H,4-5,7H2,1H3,(H2,15,16)/t10?,12-,13-/m1/s1. The second kappa shape index (κ2) is 4.83. The maximum Gasteiger partial charge on any atom is 0.252 e. The number of hydrogen-bond donors (Lipinski definition) is 1. The molecule has 2 N–H and O–H groups in total. The Morgan fingerprint density at radius 1 is 1.42 bits per heavy atom. The molecule has 0 aromatic heterocycles. The van der Waals surface area contributed by atoms with Crippen molar-refractivity contribution in [2.45, 2.75) is 24.5 Å².